The minimum absolute atomic E-state index is 0.340. The molecule has 1 aliphatic heterocycles. The molecule has 0 radical (unpaired) electrons. The molecule has 1 atom stereocenters. The second-order valence-corrected chi connectivity index (χ2v) is 5.20. The summed E-state index contributed by atoms with van der Waals surface area (Å²) < 4.78 is 25.9. The van der Waals surface area contributed by atoms with Gasteiger partial charge in [-0.2, -0.15) is 0 Å². The molecule has 1 heterocycles. The van der Waals surface area contributed by atoms with Crippen molar-refractivity contribution in [1.29, 1.82) is 0 Å². The Morgan fingerprint density at radius 3 is 2.55 bits per heavy atom. The molecule has 2 N–H and O–H groups in total. The van der Waals surface area contributed by atoms with Crippen LogP contribution in [0.4, 0.5) is 8.78 Å². The van der Waals surface area contributed by atoms with Crippen LogP contribution in [0.5, 0.6) is 0 Å². The predicted octanol–water partition coefficient (Wildman–Crippen LogP) is 1.90. The summed E-state index contributed by atoms with van der Waals surface area (Å²) in [6.45, 7) is 2.15. The van der Waals surface area contributed by atoms with Gasteiger partial charge in [0.2, 0.25) is 5.91 Å². The number of hydrogen-bond donors (Lipinski definition) is 2. The lowest BCUT2D eigenvalue weighted by Gasteiger charge is -2.11. The van der Waals surface area contributed by atoms with Crippen LogP contribution in [-0.4, -0.2) is 31.0 Å². The second kappa shape index (κ2) is 6.31. The Labute approximate surface area is 117 Å². The molecule has 1 fully saturated rings. The van der Waals surface area contributed by atoms with Crippen molar-refractivity contribution in [3.05, 3.63) is 35.4 Å². The van der Waals surface area contributed by atoms with Crippen LogP contribution in [0.3, 0.4) is 0 Å². The number of alkyl halides is 2. The van der Waals surface area contributed by atoms with E-state index in [4.69, 9.17) is 0 Å². The van der Waals surface area contributed by atoms with Crippen LogP contribution in [0.2, 0.25) is 0 Å². The van der Waals surface area contributed by atoms with Crippen LogP contribution in [-0.2, 0) is 17.6 Å². The summed E-state index contributed by atoms with van der Waals surface area (Å²) in [5.74, 6) is -3.11. The smallest absolute Gasteiger partial charge is 0.262 e. The molecule has 1 aliphatic rings. The maximum atomic E-state index is 13.0. The second-order valence-electron chi connectivity index (χ2n) is 5.20. The van der Waals surface area contributed by atoms with E-state index in [-0.39, 0.29) is 5.91 Å². The van der Waals surface area contributed by atoms with Gasteiger partial charge in [-0.05, 0) is 24.0 Å². The van der Waals surface area contributed by atoms with Crippen molar-refractivity contribution in [2.75, 3.05) is 13.1 Å². The summed E-state index contributed by atoms with van der Waals surface area (Å²) >= 11 is 0. The van der Waals surface area contributed by atoms with Gasteiger partial charge in [0.05, 0.1) is 12.6 Å². The Hall–Kier alpha value is -1.49. The van der Waals surface area contributed by atoms with Crippen molar-refractivity contribution in [2.24, 2.45) is 0 Å². The van der Waals surface area contributed by atoms with Crippen LogP contribution in [0, 0.1) is 0 Å². The molecule has 3 nitrogen and oxygen atoms in total. The van der Waals surface area contributed by atoms with Crippen LogP contribution < -0.4 is 10.6 Å². The minimum Gasteiger partial charge on any atom is -0.354 e. The van der Waals surface area contributed by atoms with Crippen molar-refractivity contribution in [2.45, 2.75) is 38.2 Å². The monoisotopic (exact) mass is 282 g/mol. The summed E-state index contributed by atoms with van der Waals surface area (Å²) in [7, 11) is 0. The van der Waals surface area contributed by atoms with Gasteiger partial charge in [0, 0.05) is 13.0 Å². The number of carbonyl (C=O) groups is 1. The fourth-order valence-corrected chi connectivity index (χ4v) is 2.30. The molecule has 1 saturated heterocycles. The first-order chi connectivity index (χ1) is 9.50. The molecule has 0 saturated carbocycles. The van der Waals surface area contributed by atoms with Gasteiger partial charge in [0.1, 0.15) is 0 Å². The molecule has 110 valence electrons. The molecular weight excluding hydrogens is 262 g/mol. The van der Waals surface area contributed by atoms with Gasteiger partial charge in [-0.25, -0.2) is 8.78 Å². The molecular formula is C15H20F2N2O. The van der Waals surface area contributed by atoms with E-state index in [1.807, 2.05) is 12.1 Å². The first-order valence-corrected chi connectivity index (χ1v) is 6.97. The maximum Gasteiger partial charge on any atom is 0.262 e. The lowest BCUT2D eigenvalue weighted by atomic mass is 10.1. The average Bonchev–Trinajstić information content (AvgIpc) is 2.80. The normalized spacial score (nSPS) is 20.9. The summed E-state index contributed by atoms with van der Waals surface area (Å²) in [5.41, 5.74) is 2.40. The van der Waals surface area contributed by atoms with Crippen LogP contribution in [0.25, 0.3) is 0 Å². The maximum absolute atomic E-state index is 13.0. The molecule has 2 rings (SSSR count). The molecule has 20 heavy (non-hydrogen) atoms. The zero-order chi connectivity index (χ0) is 14.6. The Morgan fingerprint density at radius 1 is 1.35 bits per heavy atom. The van der Waals surface area contributed by atoms with Crippen molar-refractivity contribution < 1.29 is 13.6 Å². The highest BCUT2D eigenvalue weighted by Crippen LogP contribution is 2.24. The molecule has 1 aromatic rings. The molecule has 1 unspecified atom stereocenters. The first-order valence-electron chi connectivity index (χ1n) is 6.97. The van der Waals surface area contributed by atoms with Crippen molar-refractivity contribution in [3.8, 4) is 0 Å². The van der Waals surface area contributed by atoms with E-state index in [0.29, 0.717) is 13.0 Å². The quantitative estimate of drug-likeness (QED) is 0.866. The first kappa shape index (κ1) is 14.9. The zero-order valence-electron chi connectivity index (χ0n) is 11.6. The number of benzene rings is 1. The highest BCUT2D eigenvalue weighted by molar-refractivity contribution is 5.82. The number of halogens is 2. The third-order valence-electron chi connectivity index (χ3n) is 3.57. The summed E-state index contributed by atoms with van der Waals surface area (Å²) in [5, 5.41) is 5.25. The van der Waals surface area contributed by atoms with Gasteiger partial charge < -0.3 is 5.32 Å². The highest BCUT2D eigenvalue weighted by Gasteiger charge is 2.42. The standard InChI is InChI=1S/C15H20F2N2O/c1-2-11-3-5-12(6-4-11)7-8-18-14(20)13-9-15(16,17)10-19-13/h3-6,13,19H,2,7-10H2,1H3,(H,18,20). The third-order valence-corrected chi connectivity index (χ3v) is 3.57. The molecule has 5 heteroatoms. The Morgan fingerprint density at radius 2 is 2.00 bits per heavy atom. The molecule has 0 aromatic heterocycles. The predicted molar refractivity (Wildman–Crippen MR) is 73.9 cm³/mol. The fourth-order valence-electron chi connectivity index (χ4n) is 2.30. The van der Waals surface area contributed by atoms with E-state index in [1.165, 1.54) is 5.56 Å². The van der Waals surface area contributed by atoms with Gasteiger partial charge >= 0.3 is 0 Å². The van der Waals surface area contributed by atoms with Crippen LogP contribution >= 0.6 is 0 Å². The zero-order valence-corrected chi connectivity index (χ0v) is 11.6. The van der Waals surface area contributed by atoms with Gasteiger partial charge in [0.25, 0.3) is 5.92 Å². The average molecular weight is 282 g/mol. The van der Waals surface area contributed by atoms with Crippen LogP contribution in [0.1, 0.15) is 24.5 Å². The number of hydrogen-bond acceptors (Lipinski definition) is 2. The van der Waals surface area contributed by atoms with E-state index in [9.17, 15) is 13.6 Å². The molecule has 0 bridgehead atoms. The van der Waals surface area contributed by atoms with E-state index in [2.05, 4.69) is 29.7 Å². The lowest BCUT2D eigenvalue weighted by Crippen LogP contribution is -2.41. The van der Waals surface area contributed by atoms with Crippen molar-refractivity contribution >= 4 is 5.91 Å². The fraction of sp³-hybridized carbons (Fsp3) is 0.533. The largest absolute Gasteiger partial charge is 0.354 e. The molecule has 1 amide bonds. The Balaban J connectivity index is 1.74. The van der Waals surface area contributed by atoms with E-state index in [0.717, 1.165) is 12.0 Å². The number of amides is 1. The van der Waals surface area contributed by atoms with E-state index >= 15 is 0 Å². The molecule has 0 aliphatic carbocycles. The molecule has 1 aromatic carbocycles. The minimum atomic E-state index is -2.77. The number of carbonyl (C=O) groups excluding carboxylic acids is 1. The Kier molecular flexibility index (Phi) is 4.70. The van der Waals surface area contributed by atoms with Gasteiger partial charge in [0.15, 0.2) is 0 Å². The lowest BCUT2D eigenvalue weighted by molar-refractivity contribution is -0.123. The topological polar surface area (TPSA) is 41.1 Å². The van der Waals surface area contributed by atoms with E-state index < -0.39 is 24.9 Å². The van der Waals surface area contributed by atoms with Crippen molar-refractivity contribution in [1.82, 2.24) is 10.6 Å². The number of nitrogens with one attached hydrogen (secondary N) is 2. The Bertz CT molecular complexity index is 459. The number of aryl methyl sites for hydroxylation is 1. The highest BCUT2D eigenvalue weighted by atomic mass is 19.3. The van der Waals surface area contributed by atoms with Gasteiger partial charge in [-0.1, -0.05) is 31.2 Å². The summed E-state index contributed by atoms with van der Waals surface area (Å²) in [4.78, 5) is 11.7. The van der Waals surface area contributed by atoms with E-state index in [1.54, 1.807) is 0 Å². The van der Waals surface area contributed by atoms with Gasteiger partial charge in [-0.15, -0.1) is 0 Å². The van der Waals surface area contributed by atoms with Crippen molar-refractivity contribution in [3.63, 3.8) is 0 Å². The summed E-state index contributed by atoms with van der Waals surface area (Å²) in [6, 6.07) is 7.43. The third kappa shape index (κ3) is 4.00. The summed E-state index contributed by atoms with van der Waals surface area (Å²) in [6.07, 6.45) is 1.29. The molecule has 0 spiro atoms. The van der Waals surface area contributed by atoms with Gasteiger partial charge in [-0.3, -0.25) is 10.1 Å². The SMILES string of the molecule is CCc1ccc(CCNC(=O)C2CC(F)(F)CN2)cc1. The number of rotatable bonds is 5. The van der Waals surface area contributed by atoms with Crippen LogP contribution in [0.15, 0.2) is 24.3 Å².